The molecule has 0 atom stereocenters. The highest BCUT2D eigenvalue weighted by Gasteiger charge is 2.10. The van der Waals surface area contributed by atoms with Crippen LogP contribution in [-0.4, -0.2) is 4.57 Å². The monoisotopic (exact) mass is 283 g/mol. The number of para-hydroxylation sites is 2. The standard InChI is InChI=1S/C18H18FNO/c1-3-20-15(11-14-8-6-7-13(2)18(14)20)12-21-17-10-5-4-9-16(17)19/h4-11H,3,12H2,1-2H3. The molecule has 0 aliphatic heterocycles. The molecular weight excluding hydrogens is 265 g/mol. The summed E-state index contributed by atoms with van der Waals surface area (Å²) in [5.41, 5.74) is 3.53. The molecule has 0 aliphatic rings. The van der Waals surface area contributed by atoms with E-state index in [0.717, 1.165) is 12.2 Å². The summed E-state index contributed by atoms with van der Waals surface area (Å²) in [5, 5.41) is 1.20. The smallest absolute Gasteiger partial charge is 0.165 e. The summed E-state index contributed by atoms with van der Waals surface area (Å²) < 4.78 is 21.5. The molecule has 3 aromatic rings. The molecule has 2 aromatic carbocycles. The van der Waals surface area contributed by atoms with Gasteiger partial charge in [0.2, 0.25) is 0 Å². The first-order valence-corrected chi connectivity index (χ1v) is 7.15. The minimum Gasteiger partial charge on any atom is -0.484 e. The van der Waals surface area contributed by atoms with Crippen molar-refractivity contribution in [1.82, 2.24) is 4.57 Å². The molecule has 0 radical (unpaired) electrons. The molecule has 1 heterocycles. The number of ether oxygens (including phenoxy) is 1. The third-order valence-electron chi connectivity index (χ3n) is 3.74. The Balaban J connectivity index is 1.94. The SMILES string of the molecule is CCn1c(COc2ccccc2F)cc2cccc(C)c21. The summed E-state index contributed by atoms with van der Waals surface area (Å²) in [5.74, 6) is -0.0324. The Kier molecular flexibility index (Phi) is 3.65. The third kappa shape index (κ3) is 2.51. The molecule has 108 valence electrons. The summed E-state index contributed by atoms with van der Waals surface area (Å²) in [6, 6.07) is 14.9. The van der Waals surface area contributed by atoms with Crippen LogP contribution in [0.1, 0.15) is 18.2 Å². The van der Waals surface area contributed by atoms with Crippen LogP contribution in [0.15, 0.2) is 48.5 Å². The summed E-state index contributed by atoms with van der Waals surface area (Å²) in [4.78, 5) is 0. The van der Waals surface area contributed by atoms with Gasteiger partial charge in [-0.1, -0.05) is 30.3 Å². The Morgan fingerprint density at radius 3 is 2.67 bits per heavy atom. The first-order chi connectivity index (χ1) is 10.2. The topological polar surface area (TPSA) is 14.2 Å². The molecule has 0 amide bonds. The van der Waals surface area contributed by atoms with Crippen molar-refractivity contribution in [1.29, 1.82) is 0 Å². The second-order valence-electron chi connectivity index (χ2n) is 5.11. The quantitative estimate of drug-likeness (QED) is 0.677. The lowest BCUT2D eigenvalue weighted by molar-refractivity contribution is 0.281. The van der Waals surface area contributed by atoms with E-state index in [9.17, 15) is 4.39 Å². The second-order valence-corrected chi connectivity index (χ2v) is 5.11. The van der Waals surface area contributed by atoms with Crippen LogP contribution in [0.2, 0.25) is 0 Å². The fourth-order valence-corrected chi connectivity index (χ4v) is 2.76. The van der Waals surface area contributed by atoms with E-state index in [1.165, 1.54) is 22.5 Å². The van der Waals surface area contributed by atoms with Crippen LogP contribution in [-0.2, 0) is 13.2 Å². The highest BCUT2D eigenvalue weighted by molar-refractivity contribution is 5.84. The second kappa shape index (κ2) is 5.60. The fourth-order valence-electron chi connectivity index (χ4n) is 2.76. The molecule has 0 N–H and O–H groups in total. The normalized spacial score (nSPS) is 11.0. The van der Waals surface area contributed by atoms with Crippen molar-refractivity contribution in [2.24, 2.45) is 0 Å². The average Bonchev–Trinajstić information content (AvgIpc) is 2.85. The van der Waals surface area contributed by atoms with E-state index >= 15 is 0 Å². The van der Waals surface area contributed by atoms with Gasteiger partial charge in [0.1, 0.15) is 6.61 Å². The van der Waals surface area contributed by atoms with Crippen LogP contribution in [0.3, 0.4) is 0 Å². The predicted molar refractivity (Wildman–Crippen MR) is 83.1 cm³/mol. The number of aryl methyl sites for hydroxylation is 2. The van der Waals surface area contributed by atoms with Gasteiger partial charge in [0.25, 0.3) is 0 Å². The number of hydrogen-bond acceptors (Lipinski definition) is 1. The largest absolute Gasteiger partial charge is 0.484 e. The molecule has 0 saturated heterocycles. The lowest BCUT2D eigenvalue weighted by Gasteiger charge is -2.11. The van der Waals surface area contributed by atoms with Gasteiger partial charge in [-0.2, -0.15) is 0 Å². The zero-order chi connectivity index (χ0) is 14.8. The van der Waals surface area contributed by atoms with Crippen molar-refractivity contribution in [3.8, 4) is 5.75 Å². The molecule has 0 fully saturated rings. The molecule has 3 heteroatoms. The number of nitrogens with zero attached hydrogens (tertiary/aromatic N) is 1. The maximum absolute atomic E-state index is 13.6. The Hall–Kier alpha value is -2.29. The van der Waals surface area contributed by atoms with Crippen molar-refractivity contribution in [2.45, 2.75) is 27.0 Å². The van der Waals surface area contributed by atoms with E-state index in [2.05, 4.69) is 42.7 Å². The van der Waals surface area contributed by atoms with Crippen LogP contribution < -0.4 is 4.74 Å². The van der Waals surface area contributed by atoms with Crippen molar-refractivity contribution in [3.63, 3.8) is 0 Å². The van der Waals surface area contributed by atoms with Gasteiger partial charge >= 0.3 is 0 Å². The number of halogens is 1. The molecule has 1 aromatic heterocycles. The van der Waals surface area contributed by atoms with Crippen LogP contribution >= 0.6 is 0 Å². The molecule has 3 rings (SSSR count). The van der Waals surface area contributed by atoms with Crippen LogP contribution in [0.4, 0.5) is 4.39 Å². The lowest BCUT2D eigenvalue weighted by atomic mass is 10.2. The molecule has 21 heavy (non-hydrogen) atoms. The maximum Gasteiger partial charge on any atom is 0.165 e. The van der Waals surface area contributed by atoms with Crippen LogP contribution in [0.25, 0.3) is 10.9 Å². The van der Waals surface area contributed by atoms with Gasteiger partial charge in [-0.15, -0.1) is 0 Å². The van der Waals surface area contributed by atoms with E-state index < -0.39 is 0 Å². The summed E-state index contributed by atoms with van der Waals surface area (Å²) in [7, 11) is 0. The predicted octanol–water partition coefficient (Wildman–Crippen LogP) is 4.69. The van der Waals surface area contributed by atoms with E-state index in [1.807, 2.05) is 0 Å². The van der Waals surface area contributed by atoms with Gasteiger partial charge in [0.15, 0.2) is 11.6 Å². The van der Waals surface area contributed by atoms with Crippen LogP contribution in [0.5, 0.6) is 5.75 Å². The van der Waals surface area contributed by atoms with Crippen molar-refractivity contribution in [3.05, 3.63) is 65.6 Å². The van der Waals surface area contributed by atoms with Gasteiger partial charge in [0, 0.05) is 11.9 Å². The van der Waals surface area contributed by atoms with Gasteiger partial charge in [-0.3, -0.25) is 0 Å². The number of fused-ring (bicyclic) bond motifs is 1. The van der Waals surface area contributed by atoms with Crippen molar-refractivity contribution < 1.29 is 9.13 Å². The Morgan fingerprint density at radius 2 is 1.90 bits per heavy atom. The van der Waals surface area contributed by atoms with E-state index in [0.29, 0.717) is 12.4 Å². The third-order valence-corrected chi connectivity index (χ3v) is 3.74. The fraction of sp³-hybridized carbons (Fsp3) is 0.222. The zero-order valence-corrected chi connectivity index (χ0v) is 12.3. The van der Waals surface area contributed by atoms with Gasteiger partial charge in [-0.25, -0.2) is 4.39 Å². The summed E-state index contributed by atoms with van der Waals surface area (Å²) in [6.45, 7) is 5.45. The Labute approximate surface area is 123 Å². The molecule has 0 bridgehead atoms. The van der Waals surface area contributed by atoms with Gasteiger partial charge in [-0.05, 0) is 37.6 Å². The van der Waals surface area contributed by atoms with Crippen molar-refractivity contribution >= 4 is 10.9 Å². The first kappa shape index (κ1) is 13.7. The first-order valence-electron chi connectivity index (χ1n) is 7.15. The summed E-state index contributed by atoms with van der Waals surface area (Å²) in [6.07, 6.45) is 0. The zero-order valence-electron chi connectivity index (χ0n) is 12.3. The number of aromatic nitrogens is 1. The minimum atomic E-state index is -0.326. The minimum absolute atomic E-state index is 0.294. The number of rotatable bonds is 4. The molecular formula is C18H18FNO. The Morgan fingerprint density at radius 1 is 1.10 bits per heavy atom. The Bertz CT molecular complexity index is 776. The van der Waals surface area contributed by atoms with E-state index in [4.69, 9.17) is 4.74 Å². The highest BCUT2D eigenvalue weighted by Crippen LogP contribution is 2.25. The molecule has 2 nitrogen and oxygen atoms in total. The molecule has 0 spiro atoms. The van der Waals surface area contributed by atoms with E-state index in [-0.39, 0.29) is 5.82 Å². The molecule has 0 saturated carbocycles. The van der Waals surface area contributed by atoms with Crippen molar-refractivity contribution in [2.75, 3.05) is 0 Å². The number of hydrogen-bond donors (Lipinski definition) is 0. The number of benzene rings is 2. The summed E-state index contributed by atoms with van der Waals surface area (Å²) >= 11 is 0. The average molecular weight is 283 g/mol. The maximum atomic E-state index is 13.6. The van der Waals surface area contributed by atoms with Gasteiger partial charge in [0.05, 0.1) is 11.2 Å². The van der Waals surface area contributed by atoms with Gasteiger partial charge < -0.3 is 9.30 Å². The van der Waals surface area contributed by atoms with Crippen LogP contribution in [0, 0.1) is 12.7 Å². The van der Waals surface area contributed by atoms with E-state index in [1.54, 1.807) is 18.2 Å². The highest BCUT2D eigenvalue weighted by atomic mass is 19.1. The lowest BCUT2D eigenvalue weighted by Crippen LogP contribution is -2.05. The molecule has 0 unspecified atom stereocenters. The molecule has 0 aliphatic carbocycles.